The number of ether oxygens (including phenoxy) is 1. The average molecular weight is 453 g/mol. The fourth-order valence-corrected chi connectivity index (χ4v) is 4.06. The van der Waals surface area contributed by atoms with Crippen LogP contribution in [-0.2, 0) is 23.2 Å². The van der Waals surface area contributed by atoms with Crippen molar-refractivity contribution >= 4 is 38.1 Å². The van der Waals surface area contributed by atoms with E-state index in [4.69, 9.17) is 21.5 Å². The van der Waals surface area contributed by atoms with Crippen molar-refractivity contribution in [2.45, 2.75) is 18.0 Å². The quantitative estimate of drug-likeness (QED) is 0.397. The van der Waals surface area contributed by atoms with E-state index in [1.807, 2.05) is 48.5 Å². The van der Waals surface area contributed by atoms with Gasteiger partial charge in [0.15, 0.2) is 0 Å². The minimum atomic E-state index is -3.72. The van der Waals surface area contributed by atoms with Gasteiger partial charge in [-0.05, 0) is 47.2 Å². The van der Waals surface area contributed by atoms with E-state index in [9.17, 15) is 8.42 Å². The van der Waals surface area contributed by atoms with Gasteiger partial charge < -0.3 is 10.1 Å². The second kappa shape index (κ2) is 8.98. The molecule has 0 unspecified atom stereocenters. The lowest BCUT2D eigenvalue weighted by molar-refractivity contribution is 0.304. The lowest BCUT2D eigenvalue weighted by Gasteiger charge is -2.16. The van der Waals surface area contributed by atoms with Crippen molar-refractivity contribution in [3.8, 4) is 5.75 Å². The van der Waals surface area contributed by atoms with Crippen LogP contribution in [-0.4, -0.2) is 8.42 Å². The molecule has 0 spiro atoms. The van der Waals surface area contributed by atoms with Crippen LogP contribution in [0.2, 0.25) is 5.02 Å². The normalized spacial score (nSPS) is 11.4. The summed E-state index contributed by atoms with van der Waals surface area (Å²) < 4.78 is 29.1. The van der Waals surface area contributed by atoms with Gasteiger partial charge in [0.2, 0.25) is 10.0 Å². The van der Waals surface area contributed by atoms with Crippen molar-refractivity contribution in [1.29, 1.82) is 0 Å². The van der Waals surface area contributed by atoms with Crippen molar-refractivity contribution < 1.29 is 13.2 Å². The molecule has 158 valence electrons. The molecule has 0 fully saturated rings. The summed E-state index contributed by atoms with van der Waals surface area (Å²) in [4.78, 5) is 0.0759. The molecule has 0 radical (unpaired) electrons. The summed E-state index contributed by atoms with van der Waals surface area (Å²) in [6.45, 7) is 0.849. The van der Waals surface area contributed by atoms with E-state index >= 15 is 0 Å². The van der Waals surface area contributed by atoms with E-state index in [1.54, 1.807) is 12.1 Å². The summed E-state index contributed by atoms with van der Waals surface area (Å²) in [6.07, 6.45) is 0. The van der Waals surface area contributed by atoms with Crippen LogP contribution in [0.4, 0.5) is 5.69 Å². The molecule has 0 aliphatic carbocycles. The maximum atomic E-state index is 11.5. The first-order valence-electron chi connectivity index (χ1n) is 9.65. The molecule has 31 heavy (non-hydrogen) atoms. The summed E-state index contributed by atoms with van der Waals surface area (Å²) in [6, 6.07) is 26.0. The monoisotopic (exact) mass is 452 g/mol. The Kier molecular flexibility index (Phi) is 6.13. The van der Waals surface area contributed by atoms with E-state index in [-0.39, 0.29) is 4.90 Å². The zero-order valence-electron chi connectivity index (χ0n) is 16.6. The highest BCUT2D eigenvalue weighted by molar-refractivity contribution is 7.89. The molecule has 0 aliphatic rings. The molecule has 0 atom stereocenters. The Labute approximate surface area is 186 Å². The average Bonchev–Trinajstić information content (AvgIpc) is 2.77. The number of nitrogens with two attached hydrogens (primary N) is 1. The van der Waals surface area contributed by atoms with Crippen molar-refractivity contribution in [2.75, 3.05) is 5.32 Å². The number of primary sulfonamides is 1. The van der Waals surface area contributed by atoms with E-state index in [0.717, 1.165) is 33.3 Å². The number of hydrogen-bond donors (Lipinski definition) is 2. The third-order valence-electron chi connectivity index (χ3n) is 4.99. The van der Waals surface area contributed by atoms with Crippen LogP contribution in [0.25, 0.3) is 10.8 Å². The Morgan fingerprint density at radius 3 is 2.32 bits per heavy atom. The fraction of sp³-hybridized carbons (Fsp3) is 0.0833. The molecule has 4 aromatic carbocycles. The topological polar surface area (TPSA) is 81.4 Å². The molecule has 0 saturated carbocycles. The van der Waals surface area contributed by atoms with Crippen LogP contribution < -0.4 is 15.2 Å². The van der Waals surface area contributed by atoms with E-state index in [0.29, 0.717) is 18.2 Å². The van der Waals surface area contributed by atoms with Crippen molar-refractivity contribution in [3.05, 3.63) is 101 Å². The molecule has 5 nitrogen and oxygen atoms in total. The Morgan fingerprint density at radius 1 is 0.871 bits per heavy atom. The van der Waals surface area contributed by atoms with Gasteiger partial charge in [-0.3, -0.25) is 0 Å². The van der Waals surface area contributed by atoms with Gasteiger partial charge in [-0.25, -0.2) is 13.6 Å². The number of nitrogens with one attached hydrogen (secondary N) is 1. The van der Waals surface area contributed by atoms with Gasteiger partial charge in [-0.1, -0.05) is 60.1 Å². The molecule has 0 heterocycles. The van der Waals surface area contributed by atoms with Gasteiger partial charge in [0, 0.05) is 28.4 Å². The molecule has 0 bridgehead atoms. The second-order valence-electron chi connectivity index (χ2n) is 7.07. The summed E-state index contributed by atoms with van der Waals surface area (Å²) in [5, 5.41) is 11.4. The lowest BCUT2D eigenvalue weighted by Crippen LogP contribution is -2.12. The van der Waals surface area contributed by atoms with Crippen LogP contribution in [0, 0.1) is 0 Å². The highest BCUT2D eigenvalue weighted by Crippen LogP contribution is 2.30. The molecular formula is C24H21ClN2O3S. The summed E-state index contributed by atoms with van der Waals surface area (Å²) in [5.74, 6) is 0.757. The molecule has 0 saturated heterocycles. The number of halogens is 1. The summed E-state index contributed by atoms with van der Waals surface area (Å²) >= 11 is 6.27. The van der Waals surface area contributed by atoms with Gasteiger partial charge in [-0.2, -0.15) is 0 Å². The SMILES string of the molecule is NS(=O)(=O)c1ccc(NCc2c(OCc3ccccc3Cl)ccc3ccccc23)cc1. The number of sulfonamides is 1. The lowest BCUT2D eigenvalue weighted by atomic mass is 10.0. The van der Waals surface area contributed by atoms with Crippen LogP contribution in [0.15, 0.2) is 89.8 Å². The molecule has 3 N–H and O–H groups in total. The predicted molar refractivity (Wildman–Crippen MR) is 125 cm³/mol. The van der Waals surface area contributed by atoms with Gasteiger partial charge in [0.25, 0.3) is 0 Å². The van der Waals surface area contributed by atoms with Crippen LogP contribution in [0.5, 0.6) is 5.75 Å². The molecular weight excluding hydrogens is 432 g/mol. The van der Waals surface area contributed by atoms with Gasteiger partial charge in [0.1, 0.15) is 12.4 Å². The van der Waals surface area contributed by atoms with Crippen LogP contribution >= 0.6 is 11.6 Å². The molecule has 0 aromatic heterocycles. The van der Waals surface area contributed by atoms with Crippen molar-refractivity contribution in [1.82, 2.24) is 0 Å². The van der Waals surface area contributed by atoms with Gasteiger partial charge >= 0.3 is 0 Å². The molecule has 0 amide bonds. The molecule has 7 heteroatoms. The number of rotatable bonds is 7. The third-order valence-corrected chi connectivity index (χ3v) is 6.29. The Bertz CT molecular complexity index is 1320. The Hall–Kier alpha value is -3.06. The van der Waals surface area contributed by atoms with Crippen molar-refractivity contribution in [2.24, 2.45) is 5.14 Å². The fourth-order valence-electron chi connectivity index (χ4n) is 3.36. The van der Waals surface area contributed by atoms with E-state index in [2.05, 4.69) is 17.4 Å². The maximum Gasteiger partial charge on any atom is 0.238 e. The highest BCUT2D eigenvalue weighted by atomic mass is 35.5. The molecule has 0 aliphatic heterocycles. The van der Waals surface area contributed by atoms with Crippen LogP contribution in [0.1, 0.15) is 11.1 Å². The first-order valence-corrected chi connectivity index (χ1v) is 11.6. The zero-order valence-corrected chi connectivity index (χ0v) is 18.2. The Morgan fingerprint density at radius 2 is 1.58 bits per heavy atom. The predicted octanol–water partition coefficient (Wildman–Crippen LogP) is 5.33. The summed E-state index contributed by atoms with van der Waals surface area (Å²) in [7, 11) is -3.72. The second-order valence-corrected chi connectivity index (χ2v) is 9.04. The largest absolute Gasteiger partial charge is 0.488 e. The summed E-state index contributed by atoms with van der Waals surface area (Å²) in [5.41, 5.74) is 2.69. The smallest absolute Gasteiger partial charge is 0.238 e. The number of fused-ring (bicyclic) bond motifs is 1. The van der Waals surface area contributed by atoms with Gasteiger partial charge in [-0.15, -0.1) is 0 Å². The zero-order chi connectivity index (χ0) is 21.8. The minimum Gasteiger partial charge on any atom is -0.488 e. The maximum absolute atomic E-state index is 11.5. The number of hydrogen-bond acceptors (Lipinski definition) is 4. The van der Waals surface area contributed by atoms with E-state index < -0.39 is 10.0 Å². The van der Waals surface area contributed by atoms with Gasteiger partial charge in [0.05, 0.1) is 4.90 Å². The van der Waals surface area contributed by atoms with E-state index in [1.165, 1.54) is 12.1 Å². The molecule has 4 rings (SSSR count). The van der Waals surface area contributed by atoms with Crippen LogP contribution in [0.3, 0.4) is 0 Å². The molecule has 4 aromatic rings. The standard InChI is InChI=1S/C24H21ClN2O3S/c25-23-8-4-2-6-18(23)16-30-24-14-9-17-5-1-3-7-21(17)22(24)15-27-19-10-12-20(13-11-19)31(26,28)29/h1-14,27H,15-16H2,(H2,26,28,29). The third kappa shape index (κ3) is 4.99. The minimum absolute atomic E-state index is 0.0759. The Balaban J connectivity index is 1.60. The number of benzene rings is 4. The first kappa shape index (κ1) is 21.2. The first-order chi connectivity index (χ1) is 14.9. The highest BCUT2D eigenvalue weighted by Gasteiger charge is 2.11. The van der Waals surface area contributed by atoms with Crippen molar-refractivity contribution in [3.63, 3.8) is 0 Å². The number of anilines is 1.